The Bertz CT molecular complexity index is 1320. The molecule has 4 rings (SSSR count). The second kappa shape index (κ2) is 11.5. The van der Waals surface area contributed by atoms with E-state index in [4.69, 9.17) is 28.3 Å². The summed E-state index contributed by atoms with van der Waals surface area (Å²) in [6.45, 7) is 7.64. The van der Waals surface area contributed by atoms with Crippen LogP contribution in [0.1, 0.15) is 57.6 Å². The highest BCUT2D eigenvalue weighted by Crippen LogP contribution is 2.47. The molecule has 0 spiro atoms. The highest BCUT2D eigenvalue weighted by Gasteiger charge is 2.43. The Kier molecular flexibility index (Phi) is 9.01. The van der Waals surface area contributed by atoms with Gasteiger partial charge in [0.1, 0.15) is 0 Å². The minimum Gasteiger partial charge on any atom is -0.397 e. The topological polar surface area (TPSA) is 78.4 Å². The number of aliphatic hydroxyl groups excluding tert-OH is 1. The van der Waals surface area contributed by atoms with Crippen LogP contribution >= 0.6 is 23.2 Å². The maximum Gasteiger partial charge on any atom is 0.416 e. The number of halogens is 5. The van der Waals surface area contributed by atoms with Crippen LogP contribution in [0.5, 0.6) is 0 Å². The molecule has 2 aliphatic rings. The Morgan fingerprint density at radius 1 is 1.16 bits per heavy atom. The fourth-order valence-electron chi connectivity index (χ4n) is 4.74. The highest BCUT2D eigenvalue weighted by molar-refractivity contribution is 6.34. The molecule has 204 valence electrons. The maximum absolute atomic E-state index is 13.6. The number of Topliss-reactive ketones (excluding diaryl/α,β-unsaturated/α-hetero) is 1. The van der Waals surface area contributed by atoms with Gasteiger partial charge >= 0.3 is 6.18 Å². The second-order valence-electron chi connectivity index (χ2n) is 9.95. The van der Waals surface area contributed by atoms with Crippen molar-refractivity contribution >= 4 is 40.6 Å². The Balaban J connectivity index is 0.00000127. The summed E-state index contributed by atoms with van der Waals surface area (Å²) in [6, 6.07) is 9.60. The molecule has 2 aromatic rings. The third kappa shape index (κ3) is 6.60. The van der Waals surface area contributed by atoms with E-state index in [9.17, 15) is 22.8 Å². The third-order valence-corrected chi connectivity index (χ3v) is 6.77. The first kappa shape index (κ1) is 29.7. The van der Waals surface area contributed by atoms with Crippen LogP contribution in [0.15, 0.2) is 65.0 Å². The summed E-state index contributed by atoms with van der Waals surface area (Å²) >= 11 is 12.3. The van der Waals surface area contributed by atoms with E-state index < -0.39 is 23.6 Å². The molecule has 0 radical (unpaired) electrons. The van der Waals surface area contributed by atoms with Gasteiger partial charge in [-0.25, -0.2) is 0 Å². The second-order valence-corrected chi connectivity index (χ2v) is 10.8. The molecule has 1 heterocycles. The summed E-state index contributed by atoms with van der Waals surface area (Å²) in [5, 5.41) is 13.7. The number of carbonyl (C=O) groups is 2. The van der Waals surface area contributed by atoms with Crippen LogP contribution in [0.3, 0.4) is 0 Å². The molecular weight excluding hydrogens is 540 g/mol. The molecule has 10 heteroatoms. The van der Waals surface area contributed by atoms with Gasteiger partial charge in [-0.2, -0.15) is 13.2 Å². The molecule has 0 aromatic heterocycles. The van der Waals surface area contributed by atoms with Crippen LogP contribution in [0.4, 0.5) is 18.9 Å². The zero-order valence-corrected chi connectivity index (χ0v) is 22.9. The number of carbonyl (C=O) groups excluding carboxylic acids is 2. The highest BCUT2D eigenvalue weighted by atomic mass is 35.5. The van der Waals surface area contributed by atoms with Gasteiger partial charge in [0.25, 0.3) is 5.91 Å². The molecule has 5 nitrogen and oxygen atoms in total. The number of ketones is 1. The smallest absolute Gasteiger partial charge is 0.397 e. The van der Waals surface area contributed by atoms with E-state index in [2.05, 4.69) is 10.6 Å². The van der Waals surface area contributed by atoms with Gasteiger partial charge < -0.3 is 15.7 Å². The average molecular weight is 569 g/mol. The maximum atomic E-state index is 13.6. The lowest BCUT2D eigenvalue weighted by Gasteiger charge is -2.39. The van der Waals surface area contributed by atoms with Gasteiger partial charge in [-0.15, -0.1) is 0 Å². The molecule has 0 bridgehead atoms. The fraction of sp³-hybridized carbons (Fsp3) is 0.357. The third-order valence-electron chi connectivity index (χ3n) is 6.21. The van der Waals surface area contributed by atoms with Crippen molar-refractivity contribution in [2.24, 2.45) is 5.41 Å². The molecule has 3 N–H and O–H groups in total. The van der Waals surface area contributed by atoms with Crippen molar-refractivity contribution in [3.8, 4) is 0 Å². The largest absolute Gasteiger partial charge is 0.416 e. The van der Waals surface area contributed by atoms with Gasteiger partial charge in [-0.05, 0) is 61.6 Å². The SMILES string of the molecule is CC1=C(C(=O)Nc2cc(C(F)(F)F)ccc2Cl)C(c2cccc(Cl)c2)C2=C(CC(C)(C)CC2=O)N1.CCO. The van der Waals surface area contributed by atoms with E-state index in [1.807, 2.05) is 13.8 Å². The number of benzene rings is 2. The lowest BCUT2D eigenvalue weighted by atomic mass is 9.68. The predicted octanol–water partition coefficient (Wildman–Crippen LogP) is 7.25. The number of amides is 1. The van der Waals surface area contributed by atoms with E-state index in [0.717, 1.165) is 23.9 Å². The van der Waals surface area contributed by atoms with Gasteiger partial charge in [0.05, 0.1) is 16.3 Å². The normalized spacial score (nSPS) is 18.8. The minimum absolute atomic E-state index is 0.0388. The van der Waals surface area contributed by atoms with E-state index in [-0.39, 0.29) is 34.1 Å². The predicted molar refractivity (Wildman–Crippen MR) is 143 cm³/mol. The average Bonchev–Trinajstić information content (AvgIpc) is 2.78. The van der Waals surface area contributed by atoms with Gasteiger partial charge in [0, 0.05) is 46.5 Å². The Morgan fingerprint density at radius 3 is 2.42 bits per heavy atom. The minimum atomic E-state index is -4.60. The molecule has 0 saturated heterocycles. The standard InChI is InChI=1S/C26H23Cl2F3N2O2.C2H6O/c1-13-21(24(35)33-18-10-15(26(29,30)31)7-8-17(18)28)22(14-5-4-6-16(27)9-14)23-19(32-13)11-25(2,3)12-20(23)34;1-2-3/h4-10,22,32H,11-12H2,1-3H3,(H,33,35);3H,2H2,1H3. The summed E-state index contributed by atoms with van der Waals surface area (Å²) in [5.41, 5.74) is 1.19. The Morgan fingerprint density at radius 2 is 1.82 bits per heavy atom. The van der Waals surface area contributed by atoms with Crippen molar-refractivity contribution in [1.82, 2.24) is 5.32 Å². The van der Waals surface area contributed by atoms with Crippen LogP contribution in [0, 0.1) is 5.41 Å². The van der Waals surface area contributed by atoms with Gasteiger partial charge in [-0.1, -0.05) is 49.2 Å². The van der Waals surface area contributed by atoms with Gasteiger partial charge in [0.2, 0.25) is 0 Å². The zero-order valence-electron chi connectivity index (χ0n) is 21.4. The lowest BCUT2D eigenvalue weighted by molar-refractivity contribution is -0.137. The molecule has 0 fully saturated rings. The van der Waals surface area contributed by atoms with Crippen molar-refractivity contribution in [2.75, 3.05) is 11.9 Å². The fourth-order valence-corrected chi connectivity index (χ4v) is 5.11. The molecule has 1 aliphatic heterocycles. The molecular formula is C28H29Cl2F3N2O3. The first-order valence-corrected chi connectivity index (χ1v) is 12.7. The first-order valence-electron chi connectivity index (χ1n) is 12.0. The summed E-state index contributed by atoms with van der Waals surface area (Å²) in [5.74, 6) is -1.49. The van der Waals surface area contributed by atoms with Gasteiger partial charge in [-0.3, -0.25) is 9.59 Å². The van der Waals surface area contributed by atoms with E-state index in [1.54, 1.807) is 38.1 Å². The number of aliphatic hydroxyl groups is 1. The van der Waals surface area contributed by atoms with Crippen molar-refractivity contribution in [2.45, 2.75) is 52.6 Å². The summed E-state index contributed by atoms with van der Waals surface area (Å²) in [7, 11) is 0. The molecule has 0 saturated carbocycles. The summed E-state index contributed by atoms with van der Waals surface area (Å²) in [4.78, 5) is 26.9. The Labute approximate surface area is 229 Å². The van der Waals surface area contributed by atoms with Crippen LogP contribution in [0.2, 0.25) is 10.0 Å². The number of nitrogens with one attached hydrogen (secondary N) is 2. The number of rotatable bonds is 3. The monoisotopic (exact) mass is 568 g/mol. The number of hydrogen-bond donors (Lipinski definition) is 3. The molecule has 1 amide bonds. The van der Waals surface area contributed by atoms with Crippen molar-refractivity contribution in [3.05, 3.63) is 86.2 Å². The summed E-state index contributed by atoms with van der Waals surface area (Å²) < 4.78 is 39.7. The Hall–Kier alpha value is -2.81. The molecule has 1 unspecified atom stereocenters. The van der Waals surface area contributed by atoms with E-state index in [0.29, 0.717) is 34.7 Å². The number of hydrogen-bond acceptors (Lipinski definition) is 4. The van der Waals surface area contributed by atoms with Gasteiger partial charge in [0.15, 0.2) is 5.78 Å². The van der Waals surface area contributed by atoms with Crippen molar-refractivity contribution in [3.63, 3.8) is 0 Å². The van der Waals surface area contributed by atoms with Crippen LogP contribution in [-0.2, 0) is 15.8 Å². The number of allylic oxidation sites excluding steroid dienone is 3. The molecule has 2 aromatic carbocycles. The quantitative estimate of drug-likeness (QED) is 0.364. The van der Waals surface area contributed by atoms with Crippen LogP contribution in [0.25, 0.3) is 0 Å². The number of alkyl halides is 3. The zero-order chi connectivity index (χ0) is 28.4. The van der Waals surface area contributed by atoms with Crippen LogP contribution in [-0.4, -0.2) is 23.4 Å². The van der Waals surface area contributed by atoms with Crippen molar-refractivity contribution < 1.29 is 27.9 Å². The summed E-state index contributed by atoms with van der Waals surface area (Å²) in [6.07, 6.45) is -3.69. The van der Waals surface area contributed by atoms with E-state index in [1.165, 1.54) is 0 Å². The van der Waals surface area contributed by atoms with E-state index >= 15 is 0 Å². The lowest BCUT2D eigenvalue weighted by Crippen LogP contribution is -2.39. The van der Waals surface area contributed by atoms with Crippen molar-refractivity contribution in [1.29, 1.82) is 0 Å². The molecule has 1 aliphatic carbocycles. The molecule has 1 atom stereocenters. The number of dihydropyridines is 1. The molecule has 38 heavy (non-hydrogen) atoms. The first-order chi connectivity index (χ1) is 17.7. The number of anilines is 1. The van der Waals surface area contributed by atoms with Crippen LogP contribution < -0.4 is 10.6 Å².